The van der Waals surface area contributed by atoms with Gasteiger partial charge >= 0.3 is 17.5 Å². The van der Waals surface area contributed by atoms with Gasteiger partial charge in [0.05, 0.1) is 6.61 Å². The van der Waals surface area contributed by atoms with Gasteiger partial charge < -0.3 is 9.15 Å². The molecule has 0 aliphatic rings. The van der Waals surface area contributed by atoms with Crippen LogP contribution in [0.25, 0.3) is 11.0 Å². The number of rotatable bonds is 3. The first-order valence-electron chi connectivity index (χ1n) is 5.65. The zero-order chi connectivity index (χ0) is 14.9. The van der Waals surface area contributed by atoms with E-state index < -0.39 is 34.5 Å². The van der Waals surface area contributed by atoms with Crippen LogP contribution < -0.4 is 5.63 Å². The molecule has 0 unspecified atom stereocenters. The summed E-state index contributed by atoms with van der Waals surface area (Å²) in [5.74, 6) is -6.87. The van der Waals surface area contributed by atoms with Crippen molar-refractivity contribution < 1.29 is 27.1 Å². The van der Waals surface area contributed by atoms with Crippen molar-refractivity contribution in [3.05, 3.63) is 46.1 Å². The van der Waals surface area contributed by atoms with Crippen molar-refractivity contribution >= 4 is 16.9 Å². The largest absolute Gasteiger partial charge is 0.461 e. The van der Waals surface area contributed by atoms with Gasteiger partial charge in [0.2, 0.25) is 0 Å². The van der Waals surface area contributed by atoms with Crippen molar-refractivity contribution in [3.63, 3.8) is 0 Å². The summed E-state index contributed by atoms with van der Waals surface area (Å²) in [6.07, 6.45) is 0. The van der Waals surface area contributed by atoms with Crippen LogP contribution in [0, 0.1) is 5.82 Å². The summed E-state index contributed by atoms with van der Waals surface area (Å²) in [6.45, 7) is 1.09. The summed E-state index contributed by atoms with van der Waals surface area (Å²) in [4.78, 5) is 22.7. The first kappa shape index (κ1) is 14.1. The highest BCUT2D eigenvalue weighted by Crippen LogP contribution is 2.29. The number of benzene rings is 1. The second-order valence-electron chi connectivity index (χ2n) is 3.90. The highest BCUT2D eigenvalue weighted by molar-refractivity contribution is 5.82. The van der Waals surface area contributed by atoms with Gasteiger partial charge in [-0.15, -0.1) is 0 Å². The lowest BCUT2D eigenvalue weighted by Gasteiger charge is -2.13. The summed E-state index contributed by atoms with van der Waals surface area (Å²) >= 11 is 0. The molecule has 0 bridgehead atoms. The molecule has 0 spiro atoms. The highest BCUT2D eigenvalue weighted by Gasteiger charge is 2.46. The maximum Gasteiger partial charge on any atom is 0.382 e. The van der Waals surface area contributed by atoms with E-state index in [0.29, 0.717) is 0 Å². The second-order valence-corrected chi connectivity index (χ2v) is 3.90. The number of halogens is 3. The number of fused-ring (bicyclic) bond motifs is 1. The minimum Gasteiger partial charge on any atom is -0.461 e. The van der Waals surface area contributed by atoms with Gasteiger partial charge in [0.25, 0.3) is 0 Å². The van der Waals surface area contributed by atoms with Crippen LogP contribution in [0.4, 0.5) is 13.2 Å². The molecule has 1 aromatic carbocycles. The molecule has 20 heavy (non-hydrogen) atoms. The molecule has 2 aromatic rings. The lowest BCUT2D eigenvalue weighted by molar-refractivity contribution is -0.173. The monoisotopic (exact) mass is 286 g/mol. The van der Waals surface area contributed by atoms with Crippen LogP contribution in [0.15, 0.2) is 33.5 Å². The van der Waals surface area contributed by atoms with E-state index in [2.05, 4.69) is 9.15 Å². The topological polar surface area (TPSA) is 56.5 Å². The average molecular weight is 286 g/mol. The SMILES string of the molecule is CCOC(=O)C(F)(F)c1cc2cccc(F)c2oc1=O. The normalized spacial score (nSPS) is 11.6. The van der Waals surface area contributed by atoms with Crippen LogP contribution in [0.3, 0.4) is 0 Å². The Labute approximate surface area is 110 Å². The third-order valence-corrected chi connectivity index (χ3v) is 2.58. The van der Waals surface area contributed by atoms with Crippen LogP contribution in [-0.4, -0.2) is 12.6 Å². The lowest BCUT2D eigenvalue weighted by atomic mass is 10.1. The maximum atomic E-state index is 13.8. The predicted molar refractivity (Wildman–Crippen MR) is 63.0 cm³/mol. The number of alkyl halides is 2. The summed E-state index contributed by atoms with van der Waals surface area (Å²) in [6, 6.07) is 4.30. The van der Waals surface area contributed by atoms with E-state index >= 15 is 0 Å². The third kappa shape index (κ3) is 2.26. The smallest absolute Gasteiger partial charge is 0.382 e. The van der Waals surface area contributed by atoms with Gasteiger partial charge in [-0.25, -0.2) is 14.0 Å². The molecule has 0 aliphatic heterocycles. The Bertz CT molecular complexity index is 721. The fraction of sp³-hybridized carbons (Fsp3) is 0.231. The van der Waals surface area contributed by atoms with E-state index in [0.717, 1.165) is 12.1 Å². The average Bonchev–Trinajstić information content (AvgIpc) is 2.39. The Morgan fingerprint density at radius 3 is 2.75 bits per heavy atom. The van der Waals surface area contributed by atoms with E-state index in [1.165, 1.54) is 19.1 Å². The first-order chi connectivity index (χ1) is 9.37. The van der Waals surface area contributed by atoms with Gasteiger partial charge in [0, 0.05) is 5.39 Å². The molecule has 0 saturated heterocycles. The molecule has 2 rings (SSSR count). The quantitative estimate of drug-likeness (QED) is 0.643. The fourth-order valence-corrected chi connectivity index (χ4v) is 1.66. The van der Waals surface area contributed by atoms with Crippen LogP contribution in [-0.2, 0) is 15.5 Å². The number of hydrogen-bond donors (Lipinski definition) is 0. The maximum absolute atomic E-state index is 13.8. The van der Waals surface area contributed by atoms with Gasteiger partial charge in [0.1, 0.15) is 5.56 Å². The minimum absolute atomic E-state index is 0.0522. The standard InChI is InChI=1S/C13H9F3O4/c1-2-19-12(18)13(15,16)8-6-7-4-3-5-9(14)10(7)20-11(8)17/h3-6H,2H2,1H3. The number of hydrogen-bond acceptors (Lipinski definition) is 4. The molecule has 0 radical (unpaired) electrons. The van der Waals surface area contributed by atoms with Gasteiger partial charge in [-0.05, 0) is 19.1 Å². The number of carbonyl (C=O) groups is 1. The Kier molecular flexibility index (Phi) is 3.52. The molecule has 0 fully saturated rings. The Balaban J connectivity index is 2.64. The molecular formula is C13H9F3O4. The van der Waals surface area contributed by atoms with Crippen molar-refractivity contribution in [3.8, 4) is 0 Å². The lowest BCUT2D eigenvalue weighted by Crippen LogP contribution is -2.33. The zero-order valence-corrected chi connectivity index (χ0v) is 10.3. The van der Waals surface area contributed by atoms with Crippen LogP contribution in [0.5, 0.6) is 0 Å². The summed E-state index contributed by atoms with van der Waals surface area (Å²) in [7, 11) is 0. The van der Waals surface area contributed by atoms with Crippen molar-refractivity contribution in [1.82, 2.24) is 0 Å². The zero-order valence-electron chi connectivity index (χ0n) is 10.3. The van der Waals surface area contributed by atoms with Crippen molar-refractivity contribution in [2.75, 3.05) is 6.61 Å². The highest BCUT2D eigenvalue weighted by atomic mass is 19.3. The molecule has 0 amide bonds. The summed E-state index contributed by atoms with van der Waals surface area (Å²) in [5, 5.41) is -0.0522. The number of ether oxygens (including phenoxy) is 1. The van der Waals surface area contributed by atoms with Crippen LogP contribution in [0.1, 0.15) is 12.5 Å². The second kappa shape index (κ2) is 4.99. The Hall–Kier alpha value is -2.31. The van der Waals surface area contributed by atoms with Crippen molar-refractivity contribution in [2.45, 2.75) is 12.8 Å². The van der Waals surface area contributed by atoms with Gasteiger partial charge in [-0.3, -0.25) is 0 Å². The molecule has 7 heteroatoms. The Morgan fingerprint density at radius 1 is 1.40 bits per heavy atom. The molecule has 0 N–H and O–H groups in total. The Morgan fingerprint density at radius 2 is 2.10 bits per heavy atom. The van der Waals surface area contributed by atoms with Crippen molar-refractivity contribution in [1.29, 1.82) is 0 Å². The molecule has 1 heterocycles. The van der Waals surface area contributed by atoms with Crippen LogP contribution in [0.2, 0.25) is 0 Å². The molecular weight excluding hydrogens is 277 g/mol. The number of esters is 1. The molecule has 0 atom stereocenters. The van der Waals surface area contributed by atoms with Crippen LogP contribution >= 0.6 is 0 Å². The third-order valence-electron chi connectivity index (χ3n) is 2.58. The molecule has 106 valence electrons. The van der Waals surface area contributed by atoms with Gasteiger partial charge in [-0.1, -0.05) is 12.1 Å². The van der Waals surface area contributed by atoms with E-state index in [4.69, 9.17) is 0 Å². The van der Waals surface area contributed by atoms with E-state index in [1.54, 1.807) is 0 Å². The van der Waals surface area contributed by atoms with Gasteiger partial charge in [0.15, 0.2) is 11.4 Å². The molecule has 0 aliphatic carbocycles. The summed E-state index contributed by atoms with van der Waals surface area (Å²) in [5.41, 5.74) is -3.12. The molecule has 1 aromatic heterocycles. The molecule has 0 saturated carbocycles. The van der Waals surface area contributed by atoms with Crippen molar-refractivity contribution in [2.24, 2.45) is 0 Å². The number of carbonyl (C=O) groups excluding carboxylic acids is 1. The van der Waals surface area contributed by atoms with E-state index in [9.17, 15) is 22.8 Å². The minimum atomic E-state index is -4.16. The molecule has 4 nitrogen and oxygen atoms in total. The first-order valence-corrected chi connectivity index (χ1v) is 5.65. The number of para-hydroxylation sites is 1. The summed E-state index contributed by atoms with van der Waals surface area (Å²) < 4.78 is 49.7. The van der Waals surface area contributed by atoms with E-state index in [-0.39, 0.29) is 12.0 Å². The fourth-order valence-electron chi connectivity index (χ4n) is 1.66. The predicted octanol–water partition coefficient (Wildman–Crippen LogP) is 2.59. The van der Waals surface area contributed by atoms with E-state index in [1.807, 2.05) is 0 Å². The van der Waals surface area contributed by atoms with Gasteiger partial charge in [-0.2, -0.15) is 8.78 Å².